The summed E-state index contributed by atoms with van der Waals surface area (Å²) in [6.45, 7) is 0. The van der Waals surface area contributed by atoms with Crippen molar-refractivity contribution in [3.8, 4) is 0 Å². The quantitative estimate of drug-likeness (QED) is 0.837. The number of Topliss-reactive ketones (excluding diaryl/α,β-unsaturated/α-hetero) is 1. The van der Waals surface area contributed by atoms with Crippen LogP contribution in [0.3, 0.4) is 0 Å². The highest BCUT2D eigenvalue weighted by Crippen LogP contribution is 2.35. The molecule has 0 spiro atoms. The molecular formula is C13H15ClF3NO2. The van der Waals surface area contributed by atoms with Gasteiger partial charge in [0.05, 0.1) is 5.56 Å². The zero-order chi connectivity index (χ0) is 14.3. The van der Waals surface area contributed by atoms with E-state index in [1.165, 1.54) is 12.1 Å². The van der Waals surface area contributed by atoms with Crippen molar-refractivity contribution in [3.05, 3.63) is 35.4 Å². The van der Waals surface area contributed by atoms with Gasteiger partial charge in [0.2, 0.25) is 0 Å². The summed E-state index contributed by atoms with van der Waals surface area (Å²) in [4.78, 5) is 11.9. The Labute approximate surface area is 120 Å². The van der Waals surface area contributed by atoms with Crippen LogP contribution in [-0.2, 0) is 16.5 Å². The van der Waals surface area contributed by atoms with E-state index in [9.17, 15) is 23.1 Å². The molecule has 112 valence electrons. The molecule has 2 atom stereocenters. The fraction of sp³-hybridized carbons (Fsp3) is 0.462. The van der Waals surface area contributed by atoms with E-state index in [2.05, 4.69) is 0 Å². The Morgan fingerprint density at radius 2 is 1.80 bits per heavy atom. The molecule has 2 rings (SSSR count). The smallest absolute Gasteiger partial charge is 0.385 e. The second-order valence-corrected chi connectivity index (χ2v) is 4.82. The van der Waals surface area contributed by atoms with Crippen molar-refractivity contribution in [1.82, 2.24) is 0 Å². The topological polar surface area (TPSA) is 63.3 Å². The number of rotatable bonds is 1. The molecular weight excluding hydrogens is 295 g/mol. The van der Waals surface area contributed by atoms with Crippen molar-refractivity contribution in [2.75, 3.05) is 0 Å². The minimum absolute atomic E-state index is 0. The molecule has 0 saturated heterocycles. The molecule has 1 aromatic carbocycles. The van der Waals surface area contributed by atoms with Crippen molar-refractivity contribution in [3.63, 3.8) is 0 Å². The lowest BCUT2D eigenvalue weighted by atomic mass is 9.75. The van der Waals surface area contributed by atoms with Crippen molar-refractivity contribution in [2.45, 2.75) is 37.1 Å². The largest absolute Gasteiger partial charge is 0.416 e. The van der Waals surface area contributed by atoms with Gasteiger partial charge in [-0.3, -0.25) is 4.79 Å². The van der Waals surface area contributed by atoms with Crippen molar-refractivity contribution in [2.24, 2.45) is 5.73 Å². The van der Waals surface area contributed by atoms with Crippen LogP contribution in [0.15, 0.2) is 24.3 Å². The fourth-order valence-corrected chi connectivity index (χ4v) is 2.37. The minimum Gasteiger partial charge on any atom is -0.385 e. The minimum atomic E-state index is -4.42. The van der Waals surface area contributed by atoms with Crippen molar-refractivity contribution >= 4 is 18.2 Å². The van der Waals surface area contributed by atoms with Crippen LogP contribution in [0.2, 0.25) is 0 Å². The lowest BCUT2D eigenvalue weighted by Gasteiger charge is -2.34. The molecule has 0 aromatic heterocycles. The first-order chi connectivity index (χ1) is 8.75. The SMILES string of the molecule is Cl.N[C@@]1(c2ccc(C(F)(F)F)cc2)CCC[C@@H](O)C1=O. The van der Waals surface area contributed by atoms with Crippen LogP contribution in [0, 0.1) is 0 Å². The van der Waals surface area contributed by atoms with Gasteiger partial charge in [0.1, 0.15) is 11.6 Å². The summed E-state index contributed by atoms with van der Waals surface area (Å²) in [6, 6.07) is 4.22. The molecule has 0 unspecified atom stereocenters. The third-order valence-corrected chi connectivity index (χ3v) is 3.52. The predicted molar refractivity (Wildman–Crippen MR) is 69.4 cm³/mol. The molecule has 1 aromatic rings. The Morgan fingerprint density at radius 3 is 2.30 bits per heavy atom. The first-order valence-electron chi connectivity index (χ1n) is 5.94. The summed E-state index contributed by atoms with van der Waals surface area (Å²) >= 11 is 0. The van der Waals surface area contributed by atoms with E-state index in [-0.39, 0.29) is 12.4 Å². The molecule has 0 amide bonds. The Kier molecular flexibility index (Phi) is 4.84. The number of hydrogen-bond donors (Lipinski definition) is 2. The van der Waals surface area contributed by atoms with Gasteiger partial charge in [-0.2, -0.15) is 13.2 Å². The molecule has 1 aliphatic rings. The van der Waals surface area contributed by atoms with Crippen LogP contribution in [0.5, 0.6) is 0 Å². The van der Waals surface area contributed by atoms with E-state index in [4.69, 9.17) is 5.73 Å². The summed E-state index contributed by atoms with van der Waals surface area (Å²) in [5, 5.41) is 9.55. The van der Waals surface area contributed by atoms with Gasteiger partial charge in [0.15, 0.2) is 5.78 Å². The van der Waals surface area contributed by atoms with Crippen LogP contribution in [-0.4, -0.2) is 17.0 Å². The zero-order valence-electron chi connectivity index (χ0n) is 10.5. The number of alkyl halides is 3. The first kappa shape index (κ1) is 16.9. The maximum Gasteiger partial charge on any atom is 0.416 e. The zero-order valence-corrected chi connectivity index (χ0v) is 11.3. The number of halogens is 4. The van der Waals surface area contributed by atoms with E-state index in [1.54, 1.807) is 0 Å². The molecule has 0 aliphatic heterocycles. The van der Waals surface area contributed by atoms with E-state index in [1.807, 2.05) is 0 Å². The van der Waals surface area contributed by atoms with Gasteiger partial charge in [0.25, 0.3) is 0 Å². The van der Waals surface area contributed by atoms with E-state index in [0.717, 1.165) is 12.1 Å². The van der Waals surface area contributed by atoms with E-state index < -0.39 is 29.2 Å². The molecule has 3 N–H and O–H groups in total. The Bertz CT molecular complexity index is 489. The maximum absolute atomic E-state index is 12.5. The van der Waals surface area contributed by atoms with Gasteiger partial charge < -0.3 is 10.8 Å². The molecule has 7 heteroatoms. The maximum atomic E-state index is 12.5. The number of benzene rings is 1. The highest BCUT2D eigenvalue weighted by molar-refractivity contribution is 5.93. The average molecular weight is 310 g/mol. The summed E-state index contributed by atoms with van der Waals surface area (Å²) in [5.41, 5.74) is 4.12. The Hall–Kier alpha value is -1.11. The second kappa shape index (κ2) is 5.71. The Morgan fingerprint density at radius 1 is 1.25 bits per heavy atom. The molecule has 1 aliphatic carbocycles. The summed E-state index contributed by atoms with van der Waals surface area (Å²) in [7, 11) is 0. The lowest BCUT2D eigenvalue weighted by molar-refractivity contribution is -0.137. The van der Waals surface area contributed by atoms with E-state index >= 15 is 0 Å². The number of nitrogens with two attached hydrogens (primary N) is 1. The lowest BCUT2D eigenvalue weighted by Crippen LogP contribution is -2.52. The number of aliphatic hydroxyl groups excluding tert-OH is 1. The Balaban J connectivity index is 0.00000200. The molecule has 0 radical (unpaired) electrons. The molecule has 1 saturated carbocycles. The predicted octanol–water partition coefficient (Wildman–Crippen LogP) is 2.40. The van der Waals surface area contributed by atoms with Gasteiger partial charge in [-0.25, -0.2) is 0 Å². The monoisotopic (exact) mass is 309 g/mol. The number of carbonyl (C=O) groups excluding carboxylic acids is 1. The molecule has 0 heterocycles. The van der Waals surface area contributed by atoms with Gasteiger partial charge in [-0.1, -0.05) is 12.1 Å². The normalized spacial score (nSPS) is 27.1. The molecule has 3 nitrogen and oxygen atoms in total. The van der Waals surface area contributed by atoms with Crippen LogP contribution in [0.1, 0.15) is 30.4 Å². The first-order valence-corrected chi connectivity index (χ1v) is 5.94. The van der Waals surface area contributed by atoms with E-state index in [0.29, 0.717) is 24.8 Å². The second-order valence-electron chi connectivity index (χ2n) is 4.82. The third kappa shape index (κ3) is 2.97. The van der Waals surface area contributed by atoms with Crippen molar-refractivity contribution < 1.29 is 23.1 Å². The molecule has 20 heavy (non-hydrogen) atoms. The standard InChI is InChI=1S/C13H14F3NO2.ClH/c14-13(15,16)9-5-3-8(4-6-9)12(17)7-1-2-10(18)11(12)19;/h3-6,10,18H,1-2,7,17H2;1H/t10-,12-;/m1./s1. The summed E-state index contributed by atoms with van der Waals surface area (Å²) in [5.74, 6) is -0.529. The number of carbonyl (C=O) groups is 1. The van der Waals surface area contributed by atoms with Crippen molar-refractivity contribution in [1.29, 1.82) is 0 Å². The van der Waals surface area contributed by atoms with Crippen LogP contribution < -0.4 is 5.73 Å². The van der Waals surface area contributed by atoms with Gasteiger partial charge >= 0.3 is 6.18 Å². The average Bonchev–Trinajstić information content (AvgIpc) is 2.35. The van der Waals surface area contributed by atoms with Gasteiger partial charge in [-0.05, 0) is 37.0 Å². The number of ketones is 1. The van der Waals surface area contributed by atoms with Crippen LogP contribution in [0.25, 0.3) is 0 Å². The fourth-order valence-electron chi connectivity index (χ4n) is 2.37. The highest BCUT2D eigenvalue weighted by atomic mass is 35.5. The molecule has 1 fully saturated rings. The van der Waals surface area contributed by atoms with Crippen LogP contribution >= 0.6 is 12.4 Å². The number of aliphatic hydroxyl groups is 1. The summed E-state index contributed by atoms with van der Waals surface area (Å²) in [6.07, 6.45) is -4.32. The van der Waals surface area contributed by atoms with Crippen LogP contribution in [0.4, 0.5) is 13.2 Å². The summed E-state index contributed by atoms with van der Waals surface area (Å²) < 4.78 is 37.4. The number of hydrogen-bond acceptors (Lipinski definition) is 3. The highest BCUT2D eigenvalue weighted by Gasteiger charge is 2.42. The van der Waals surface area contributed by atoms with Gasteiger partial charge in [-0.15, -0.1) is 12.4 Å². The third-order valence-electron chi connectivity index (χ3n) is 3.52. The molecule has 0 bridgehead atoms. The van der Waals surface area contributed by atoms with Gasteiger partial charge in [0, 0.05) is 0 Å².